The number of carbonyl (C=O) groups is 4. The predicted octanol–water partition coefficient (Wildman–Crippen LogP) is 4.08. The number of hydrogen-bond donors (Lipinski definition) is 2. The van der Waals surface area contributed by atoms with Crippen molar-refractivity contribution in [2.45, 2.75) is 84.2 Å². The number of aryl methyl sites for hydroxylation is 1. The predicted molar refractivity (Wildman–Crippen MR) is 167 cm³/mol. The molecule has 0 radical (unpaired) electrons. The van der Waals surface area contributed by atoms with Crippen LogP contribution in [0.3, 0.4) is 0 Å². The Kier molecular flexibility index (Phi) is 11.5. The highest BCUT2D eigenvalue weighted by atomic mass is 16.2. The number of Topliss-reactive ketones (excluding diaryl/α,β-unsaturated/α-hetero) is 1. The molecule has 1 saturated heterocycles. The Labute approximate surface area is 255 Å². The Morgan fingerprint density at radius 1 is 0.953 bits per heavy atom. The molecule has 234 valence electrons. The van der Waals surface area contributed by atoms with E-state index in [4.69, 9.17) is 0 Å². The van der Waals surface area contributed by atoms with E-state index in [1.54, 1.807) is 23.9 Å². The summed E-state index contributed by atoms with van der Waals surface area (Å²) in [4.78, 5) is 56.9. The first-order chi connectivity index (χ1) is 20.7. The van der Waals surface area contributed by atoms with E-state index in [2.05, 4.69) is 20.6 Å². The molecule has 1 saturated carbocycles. The fourth-order valence-electron chi connectivity index (χ4n) is 6.33. The number of nitrogens with one attached hydrogen (secondary N) is 2. The molecule has 2 heterocycles. The van der Waals surface area contributed by atoms with Crippen LogP contribution in [-0.4, -0.2) is 82.4 Å². The number of aromatic nitrogens is 2. The third-order valence-corrected chi connectivity index (χ3v) is 9.19. The van der Waals surface area contributed by atoms with Crippen molar-refractivity contribution in [3.63, 3.8) is 0 Å². The van der Waals surface area contributed by atoms with Crippen molar-refractivity contribution in [3.8, 4) is 0 Å². The van der Waals surface area contributed by atoms with Gasteiger partial charge in [0.1, 0.15) is 11.7 Å². The number of anilines is 1. The Morgan fingerprint density at radius 3 is 2.26 bits per heavy atom. The number of amides is 3. The second kappa shape index (κ2) is 15.3. The highest BCUT2D eigenvalue weighted by molar-refractivity contribution is 6.00. The standard InChI is InChI=1S/C33H48N6O4/c1-5-30(41)36-31(33(43)38-20-18-37(4)19-21-38)23(3)24-12-14-26(15-13-24)35-32(42)27(25-10-8-7-9-11-25)22-29(40)28-16-17-34-39(28)6-2/h12-17,23,25,27,31H,5-11,18-22H2,1-4H3,(H,35,42)(H,36,41)/t23-,27-,31+/m0/s1. The van der Waals surface area contributed by atoms with E-state index in [-0.39, 0.29) is 41.8 Å². The third-order valence-electron chi connectivity index (χ3n) is 9.19. The number of nitrogens with zero attached hydrogens (tertiary/aromatic N) is 4. The number of rotatable bonds is 12. The fourth-order valence-corrected chi connectivity index (χ4v) is 6.33. The van der Waals surface area contributed by atoms with Gasteiger partial charge in [0.2, 0.25) is 17.7 Å². The zero-order valence-electron chi connectivity index (χ0n) is 26.2. The molecule has 3 atom stereocenters. The average Bonchev–Trinajstić information content (AvgIpc) is 3.52. The van der Waals surface area contributed by atoms with E-state index in [0.717, 1.165) is 50.8 Å². The molecule has 1 aliphatic heterocycles. The first-order valence-electron chi connectivity index (χ1n) is 15.9. The summed E-state index contributed by atoms with van der Waals surface area (Å²) in [6, 6.07) is 8.55. The number of carbonyl (C=O) groups excluding carboxylic acids is 4. The number of benzene rings is 1. The summed E-state index contributed by atoms with van der Waals surface area (Å²) in [5, 5.41) is 10.3. The molecule has 1 aromatic carbocycles. The molecule has 4 rings (SSSR count). The lowest BCUT2D eigenvalue weighted by molar-refractivity contribution is -0.138. The van der Waals surface area contributed by atoms with Crippen LogP contribution in [-0.2, 0) is 20.9 Å². The summed E-state index contributed by atoms with van der Waals surface area (Å²) >= 11 is 0. The van der Waals surface area contributed by atoms with Gasteiger partial charge in [0, 0.05) is 69.3 Å². The zero-order valence-corrected chi connectivity index (χ0v) is 26.2. The molecule has 3 amide bonds. The van der Waals surface area contributed by atoms with E-state index in [9.17, 15) is 19.2 Å². The summed E-state index contributed by atoms with van der Waals surface area (Å²) in [7, 11) is 2.04. The van der Waals surface area contributed by atoms with Gasteiger partial charge < -0.3 is 20.4 Å². The number of likely N-dealkylation sites (N-methyl/N-ethyl adjacent to an activating group) is 1. The largest absolute Gasteiger partial charge is 0.344 e. The molecular formula is C33H48N6O4. The molecule has 10 heteroatoms. The minimum atomic E-state index is -0.672. The normalized spacial score (nSPS) is 18.5. The molecule has 0 bridgehead atoms. The molecule has 0 unspecified atom stereocenters. The van der Waals surface area contributed by atoms with Gasteiger partial charge in [0.05, 0.1) is 0 Å². The van der Waals surface area contributed by atoms with Crippen LogP contribution >= 0.6 is 0 Å². The van der Waals surface area contributed by atoms with Crippen molar-refractivity contribution in [2.75, 3.05) is 38.5 Å². The molecule has 0 spiro atoms. The maximum absolute atomic E-state index is 13.7. The van der Waals surface area contributed by atoms with Gasteiger partial charge in [0.15, 0.2) is 5.78 Å². The van der Waals surface area contributed by atoms with Crippen molar-refractivity contribution in [1.29, 1.82) is 0 Å². The molecule has 2 fully saturated rings. The highest BCUT2D eigenvalue weighted by Gasteiger charge is 2.34. The first kappa shape index (κ1) is 32.4. The van der Waals surface area contributed by atoms with Crippen LogP contribution in [0.5, 0.6) is 0 Å². The second-order valence-corrected chi connectivity index (χ2v) is 12.1. The topological polar surface area (TPSA) is 117 Å². The van der Waals surface area contributed by atoms with Gasteiger partial charge in [-0.25, -0.2) is 0 Å². The maximum Gasteiger partial charge on any atom is 0.245 e. The number of piperazine rings is 1. The molecule has 2 aromatic rings. The van der Waals surface area contributed by atoms with Crippen molar-refractivity contribution >= 4 is 29.2 Å². The van der Waals surface area contributed by atoms with E-state index >= 15 is 0 Å². The van der Waals surface area contributed by atoms with Crippen LogP contribution in [0.1, 0.15) is 87.7 Å². The molecule has 1 aromatic heterocycles. The molecule has 1 aliphatic carbocycles. The minimum Gasteiger partial charge on any atom is -0.344 e. The smallest absolute Gasteiger partial charge is 0.245 e. The highest BCUT2D eigenvalue weighted by Crippen LogP contribution is 2.34. The van der Waals surface area contributed by atoms with Crippen molar-refractivity contribution in [2.24, 2.45) is 11.8 Å². The van der Waals surface area contributed by atoms with E-state index < -0.39 is 12.0 Å². The monoisotopic (exact) mass is 592 g/mol. The molecule has 43 heavy (non-hydrogen) atoms. The minimum absolute atomic E-state index is 0.0561. The van der Waals surface area contributed by atoms with Crippen molar-refractivity contribution in [3.05, 3.63) is 47.8 Å². The lowest BCUT2D eigenvalue weighted by Gasteiger charge is -2.36. The van der Waals surface area contributed by atoms with Crippen LogP contribution in [0.25, 0.3) is 0 Å². The van der Waals surface area contributed by atoms with E-state index in [0.29, 0.717) is 37.4 Å². The maximum atomic E-state index is 13.7. The summed E-state index contributed by atoms with van der Waals surface area (Å²) in [6.07, 6.45) is 7.29. The fraction of sp³-hybridized carbons (Fsp3) is 0.606. The van der Waals surface area contributed by atoms with Gasteiger partial charge in [-0.2, -0.15) is 5.10 Å². The summed E-state index contributed by atoms with van der Waals surface area (Å²) in [6.45, 7) is 9.16. The Morgan fingerprint density at radius 2 is 1.63 bits per heavy atom. The molecule has 2 N–H and O–H groups in total. The Hall–Kier alpha value is -3.53. The molecule has 2 aliphatic rings. The molecular weight excluding hydrogens is 544 g/mol. The van der Waals surface area contributed by atoms with E-state index in [1.807, 2.05) is 50.1 Å². The van der Waals surface area contributed by atoms with Crippen molar-refractivity contribution < 1.29 is 19.2 Å². The van der Waals surface area contributed by atoms with Crippen molar-refractivity contribution in [1.82, 2.24) is 24.9 Å². The second-order valence-electron chi connectivity index (χ2n) is 12.1. The van der Waals surface area contributed by atoms with Crippen LogP contribution in [0.4, 0.5) is 5.69 Å². The van der Waals surface area contributed by atoms with Crippen LogP contribution in [0.2, 0.25) is 0 Å². The zero-order chi connectivity index (χ0) is 30.9. The number of hydrogen-bond acceptors (Lipinski definition) is 6. The average molecular weight is 593 g/mol. The van der Waals surface area contributed by atoms with Gasteiger partial charge in [-0.3, -0.25) is 23.9 Å². The van der Waals surface area contributed by atoms with Gasteiger partial charge in [-0.05, 0) is 56.5 Å². The quantitative estimate of drug-likeness (QED) is 0.359. The lowest BCUT2D eigenvalue weighted by atomic mass is 9.77. The van der Waals surface area contributed by atoms with Gasteiger partial charge in [-0.15, -0.1) is 0 Å². The Balaban J connectivity index is 1.46. The SMILES string of the molecule is CCC(=O)N[C@@H](C(=O)N1CCN(C)CC1)[C@@H](C)c1ccc(NC(=O)[C@@H](CC(=O)c2ccnn2CC)C2CCCCC2)cc1. The Bertz CT molecular complexity index is 1240. The summed E-state index contributed by atoms with van der Waals surface area (Å²) in [5.74, 6) is -0.928. The van der Waals surface area contributed by atoms with Crippen LogP contribution < -0.4 is 10.6 Å². The van der Waals surface area contributed by atoms with Gasteiger partial charge >= 0.3 is 0 Å². The third kappa shape index (κ3) is 8.31. The van der Waals surface area contributed by atoms with Gasteiger partial charge in [-0.1, -0.05) is 45.2 Å². The van der Waals surface area contributed by atoms with Crippen LogP contribution in [0.15, 0.2) is 36.5 Å². The molecule has 10 nitrogen and oxygen atoms in total. The number of ketones is 1. The lowest BCUT2D eigenvalue weighted by Crippen LogP contribution is -2.55. The van der Waals surface area contributed by atoms with E-state index in [1.165, 1.54) is 0 Å². The van der Waals surface area contributed by atoms with Gasteiger partial charge in [0.25, 0.3) is 0 Å². The first-order valence-corrected chi connectivity index (χ1v) is 15.9. The van der Waals surface area contributed by atoms with Crippen LogP contribution in [0, 0.1) is 11.8 Å². The summed E-state index contributed by atoms with van der Waals surface area (Å²) in [5.41, 5.74) is 2.09. The summed E-state index contributed by atoms with van der Waals surface area (Å²) < 4.78 is 1.68.